The number of amides is 1. The van der Waals surface area contributed by atoms with Gasteiger partial charge in [0.15, 0.2) is 0 Å². The van der Waals surface area contributed by atoms with Crippen LogP contribution in [0.3, 0.4) is 0 Å². The summed E-state index contributed by atoms with van der Waals surface area (Å²) in [6, 6.07) is 2.73. The molecule has 2 aromatic heterocycles. The Bertz CT molecular complexity index is 869. The van der Waals surface area contributed by atoms with E-state index in [0.29, 0.717) is 5.56 Å². The van der Waals surface area contributed by atoms with Gasteiger partial charge in [0.05, 0.1) is 9.80 Å². The maximum atomic E-state index is 12.3. The first-order valence-corrected chi connectivity index (χ1v) is 8.55. The van der Waals surface area contributed by atoms with Gasteiger partial charge in [-0.05, 0) is 49.8 Å². The lowest BCUT2D eigenvalue weighted by molar-refractivity contribution is -0.380. The summed E-state index contributed by atoms with van der Waals surface area (Å²) in [4.78, 5) is 37.7. The van der Waals surface area contributed by atoms with Crippen LogP contribution < -0.4 is 10.9 Å². The van der Waals surface area contributed by atoms with Crippen molar-refractivity contribution in [3.05, 3.63) is 59.9 Å². The van der Waals surface area contributed by atoms with Gasteiger partial charge in [0.2, 0.25) is 0 Å². The number of aromatic amines is 1. The van der Waals surface area contributed by atoms with E-state index in [1.807, 2.05) is 6.92 Å². The number of fused-ring (bicyclic) bond motifs is 1. The third kappa shape index (κ3) is 3.09. The van der Waals surface area contributed by atoms with Gasteiger partial charge in [0.25, 0.3) is 11.5 Å². The average Bonchev–Trinajstić information content (AvgIpc) is 3.05. The fourth-order valence-electron chi connectivity index (χ4n) is 3.10. The van der Waals surface area contributed by atoms with E-state index in [9.17, 15) is 19.7 Å². The minimum Gasteiger partial charge on any atom is -0.347 e. The molecule has 0 saturated heterocycles. The standard InChI is InChI=1S/C16H17N3O4S/c1-9-10-4-2-3-5-11(10)12(15(20)18-9)8-17-16(21)13-6-7-14(24-13)19(22)23/h6-7H,2-5,8H2,1H3,(H,17,21)(H,18,20). The molecule has 3 rings (SSSR count). The van der Waals surface area contributed by atoms with Crippen LogP contribution in [0.15, 0.2) is 16.9 Å². The van der Waals surface area contributed by atoms with Crippen molar-refractivity contribution in [2.75, 3.05) is 0 Å². The molecule has 0 atom stereocenters. The van der Waals surface area contributed by atoms with Gasteiger partial charge in [0, 0.05) is 23.9 Å². The lowest BCUT2D eigenvalue weighted by Gasteiger charge is -2.21. The zero-order valence-corrected chi connectivity index (χ0v) is 14.0. The first kappa shape index (κ1) is 16.4. The van der Waals surface area contributed by atoms with Gasteiger partial charge in [-0.1, -0.05) is 11.3 Å². The van der Waals surface area contributed by atoms with Gasteiger partial charge < -0.3 is 10.3 Å². The van der Waals surface area contributed by atoms with Crippen molar-refractivity contribution in [3.63, 3.8) is 0 Å². The van der Waals surface area contributed by atoms with Gasteiger partial charge in [0.1, 0.15) is 0 Å². The summed E-state index contributed by atoms with van der Waals surface area (Å²) in [5, 5.41) is 13.3. The molecule has 2 aromatic rings. The molecule has 1 aliphatic rings. The first-order chi connectivity index (χ1) is 11.5. The fraction of sp³-hybridized carbons (Fsp3) is 0.375. The average molecular weight is 347 g/mol. The number of aryl methyl sites for hydroxylation is 1. The van der Waals surface area contributed by atoms with Crippen LogP contribution >= 0.6 is 11.3 Å². The predicted octanol–water partition coefficient (Wildman–Crippen LogP) is 2.46. The van der Waals surface area contributed by atoms with E-state index in [4.69, 9.17) is 0 Å². The van der Waals surface area contributed by atoms with Crippen molar-refractivity contribution < 1.29 is 9.72 Å². The van der Waals surface area contributed by atoms with Gasteiger partial charge in [-0.15, -0.1) is 0 Å². The van der Waals surface area contributed by atoms with Crippen molar-refractivity contribution in [1.82, 2.24) is 10.3 Å². The van der Waals surface area contributed by atoms with Crippen LogP contribution in [-0.4, -0.2) is 15.8 Å². The van der Waals surface area contributed by atoms with Crippen molar-refractivity contribution in [3.8, 4) is 0 Å². The molecule has 0 fully saturated rings. The van der Waals surface area contributed by atoms with E-state index >= 15 is 0 Å². The van der Waals surface area contributed by atoms with E-state index in [1.165, 1.54) is 17.7 Å². The minimum absolute atomic E-state index is 0.0780. The third-order valence-corrected chi connectivity index (χ3v) is 5.32. The molecule has 2 N–H and O–H groups in total. The van der Waals surface area contributed by atoms with Gasteiger partial charge in [-0.2, -0.15) is 0 Å². The zero-order valence-electron chi connectivity index (χ0n) is 13.2. The van der Waals surface area contributed by atoms with Crippen LogP contribution in [-0.2, 0) is 19.4 Å². The quantitative estimate of drug-likeness (QED) is 0.654. The summed E-state index contributed by atoms with van der Waals surface area (Å²) < 4.78 is 0. The molecule has 0 unspecified atom stereocenters. The summed E-state index contributed by atoms with van der Waals surface area (Å²) in [5.74, 6) is -0.405. The van der Waals surface area contributed by atoms with E-state index in [2.05, 4.69) is 10.3 Å². The molecule has 0 bridgehead atoms. The summed E-state index contributed by atoms with van der Waals surface area (Å²) in [6.07, 6.45) is 3.92. The highest BCUT2D eigenvalue weighted by Crippen LogP contribution is 2.25. The predicted molar refractivity (Wildman–Crippen MR) is 90.6 cm³/mol. The van der Waals surface area contributed by atoms with Crippen LogP contribution in [0.1, 0.15) is 44.9 Å². The van der Waals surface area contributed by atoms with Gasteiger partial charge >= 0.3 is 5.00 Å². The van der Waals surface area contributed by atoms with Crippen molar-refractivity contribution in [2.24, 2.45) is 0 Å². The van der Waals surface area contributed by atoms with Gasteiger partial charge in [-0.3, -0.25) is 19.7 Å². The van der Waals surface area contributed by atoms with Crippen LogP contribution in [0.5, 0.6) is 0 Å². The SMILES string of the molecule is Cc1[nH]c(=O)c(CNC(=O)c2ccc([N+](=O)[O-])s2)c2c1CCCC2. The van der Waals surface area contributed by atoms with Crippen LogP contribution in [0.25, 0.3) is 0 Å². The zero-order chi connectivity index (χ0) is 17.3. The lowest BCUT2D eigenvalue weighted by Crippen LogP contribution is -2.29. The Morgan fingerprint density at radius 2 is 2.04 bits per heavy atom. The minimum atomic E-state index is -0.525. The topological polar surface area (TPSA) is 105 Å². The van der Waals surface area contributed by atoms with E-state index in [-0.39, 0.29) is 22.0 Å². The molecule has 1 aliphatic carbocycles. The number of nitro groups is 1. The lowest BCUT2D eigenvalue weighted by atomic mass is 9.88. The Morgan fingerprint density at radius 1 is 1.33 bits per heavy atom. The maximum absolute atomic E-state index is 12.3. The van der Waals surface area contributed by atoms with E-state index < -0.39 is 10.8 Å². The molecule has 0 radical (unpaired) electrons. The molecule has 0 saturated carbocycles. The second kappa shape index (κ2) is 6.56. The summed E-state index contributed by atoms with van der Waals surface area (Å²) >= 11 is 0.823. The molecule has 7 nitrogen and oxygen atoms in total. The number of rotatable bonds is 4. The monoisotopic (exact) mass is 347 g/mol. The van der Waals surface area contributed by atoms with Gasteiger partial charge in [-0.25, -0.2) is 0 Å². The highest BCUT2D eigenvalue weighted by molar-refractivity contribution is 7.17. The number of hydrogen-bond donors (Lipinski definition) is 2. The number of aromatic nitrogens is 1. The number of pyridine rings is 1. The highest BCUT2D eigenvalue weighted by atomic mass is 32.1. The molecule has 24 heavy (non-hydrogen) atoms. The van der Waals surface area contributed by atoms with Crippen molar-refractivity contribution >= 4 is 22.2 Å². The number of H-pyrrole nitrogens is 1. The Labute approximate surface area is 141 Å². The number of nitrogens with one attached hydrogen (secondary N) is 2. The molecule has 0 aromatic carbocycles. The molecule has 1 amide bonds. The summed E-state index contributed by atoms with van der Waals surface area (Å²) in [6.45, 7) is 2.03. The number of hydrogen-bond acceptors (Lipinski definition) is 5. The largest absolute Gasteiger partial charge is 0.347 e. The molecule has 126 valence electrons. The van der Waals surface area contributed by atoms with Crippen LogP contribution in [0.4, 0.5) is 5.00 Å². The molecule has 0 aliphatic heterocycles. The third-order valence-electron chi connectivity index (χ3n) is 4.28. The normalized spacial score (nSPS) is 13.4. The second-order valence-corrected chi connectivity index (χ2v) is 6.86. The van der Waals surface area contributed by atoms with Crippen molar-refractivity contribution in [1.29, 1.82) is 0 Å². The Kier molecular flexibility index (Phi) is 4.48. The van der Waals surface area contributed by atoms with Crippen LogP contribution in [0, 0.1) is 17.0 Å². The fourth-order valence-corrected chi connectivity index (χ4v) is 3.84. The van der Waals surface area contributed by atoms with Crippen LogP contribution in [0.2, 0.25) is 0 Å². The number of carbonyl (C=O) groups excluding carboxylic acids is 1. The number of thiophene rings is 1. The van der Waals surface area contributed by atoms with E-state index in [0.717, 1.165) is 48.3 Å². The Morgan fingerprint density at radius 3 is 2.71 bits per heavy atom. The molecular weight excluding hydrogens is 330 g/mol. The van der Waals surface area contributed by atoms with Crippen molar-refractivity contribution in [2.45, 2.75) is 39.2 Å². The maximum Gasteiger partial charge on any atom is 0.324 e. The molecule has 8 heteroatoms. The smallest absolute Gasteiger partial charge is 0.324 e. The molecule has 2 heterocycles. The van der Waals surface area contributed by atoms with E-state index in [1.54, 1.807) is 0 Å². The number of carbonyl (C=O) groups is 1. The molecule has 0 spiro atoms. The number of nitrogens with zero attached hydrogens (tertiary/aromatic N) is 1. The molecular formula is C16H17N3O4S. The second-order valence-electron chi connectivity index (χ2n) is 5.80. The first-order valence-electron chi connectivity index (χ1n) is 7.73. The summed E-state index contributed by atoms with van der Waals surface area (Å²) in [5.41, 5.74) is 3.54. The highest BCUT2D eigenvalue weighted by Gasteiger charge is 2.20. The Hall–Kier alpha value is -2.48. The Balaban J connectivity index is 1.80. The summed E-state index contributed by atoms with van der Waals surface area (Å²) in [7, 11) is 0.